The highest BCUT2D eigenvalue weighted by atomic mass is 79.9. The second-order valence-corrected chi connectivity index (χ2v) is 7.10. The predicted octanol–water partition coefficient (Wildman–Crippen LogP) is 3.05. The molecule has 1 aliphatic rings. The van der Waals surface area contributed by atoms with Gasteiger partial charge in [-0.05, 0) is 52.4 Å². The molecule has 3 rings (SSSR count). The van der Waals surface area contributed by atoms with Crippen molar-refractivity contribution in [3.05, 3.63) is 64.1 Å². The molecule has 0 aromatic heterocycles. The number of nitrogens with zero attached hydrogens (tertiary/aromatic N) is 1. The average Bonchev–Trinajstić information content (AvgIpc) is 2.68. The molecule has 1 aliphatic heterocycles. The molecule has 2 aromatic carbocycles. The second-order valence-electron chi connectivity index (χ2n) is 5.84. The van der Waals surface area contributed by atoms with Crippen molar-refractivity contribution in [1.29, 1.82) is 0 Å². The molecule has 0 bridgehead atoms. The number of anilines is 1. The number of amides is 2. The van der Waals surface area contributed by atoms with E-state index in [1.54, 1.807) is 47.4 Å². The van der Waals surface area contributed by atoms with E-state index in [4.69, 9.17) is 17.0 Å². The Morgan fingerprint density at radius 2 is 1.63 bits per heavy atom. The van der Waals surface area contributed by atoms with Crippen LogP contribution in [-0.4, -0.2) is 48.1 Å². The molecule has 1 heterocycles. The van der Waals surface area contributed by atoms with Crippen LogP contribution in [0.25, 0.3) is 0 Å². The van der Waals surface area contributed by atoms with Gasteiger partial charge in [0.2, 0.25) is 0 Å². The smallest absolute Gasteiger partial charge is 0.258 e. The van der Waals surface area contributed by atoms with Gasteiger partial charge in [0.05, 0.1) is 30.0 Å². The van der Waals surface area contributed by atoms with Gasteiger partial charge in [0.15, 0.2) is 5.11 Å². The molecule has 0 unspecified atom stereocenters. The molecule has 2 amide bonds. The molecule has 1 fully saturated rings. The first kappa shape index (κ1) is 19.5. The zero-order chi connectivity index (χ0) is 19.2. The Kier molecular flexibility index (Phi) is 6.54. The Labute approximate surface area is 171 Å². The minimum Gasteiger partial charge on any atom is -0.378 e. The third-order valence-electron chi connectivity index (χ3n) is 4.05. The summed E-state index contributed by atoms with van der Waals surface area (Å²) in [6.07, 6.45) is 0. The van der Waals surface area contributed by atoms with Gasteiger partial charge in [-0.3, -0.25) is 14.9 Å². The van der Waals surface area contributed by atoms with Crippen molar-refractivity contribution in [3.63, 3.8) is 0 Å². The summed E-state index contributed by atoms with van der Waals surface area (Å²) in [6, 6.07) is 14.2. The molecule has 1 saturated heterocycles. The molecule has 27 heavy (non-hydrogen) atoms. The number of thiocarbonyl (C=S) groups is 1. The number of rotatable bonds is 3. The molecule has 6 nitrogen and oxygen atoms in total. The molecule has 8 heteroatoms. The van der Waals surface area contributed by atoms with Crippen molar-refractivity contribution in [3.8, 4) is 0 Å². The lowest BCUT2D eigenvalue weighted by Gasteiger charge is -2.27. The number of nitrogens with one attached hydrogen (secondary N) is 2. The summed E-state index contributed by atoms with van der Waals surface area (Å²) in [4.78, 5) is 26.9. The third kappa shape index (κ3) is 4.91. The molecule has 140 valence electrons. The van der Waals surface area contributed by atoms with Gasteiger partial charge in [-0.15, -0.1) is 0 Å². The van der Waals surface area contributed by atoms with E-state index >= 15 is 0 Å². The molecule has 0 saturated carbocycles. The lowest BCUT2D eigenvalue weighted by Crippen LogP contribution is -2.41. The maximum Gasteiger partial charge on any atom is 0.258 e. The van der Waals surface area contributed by atoms with Crippen LogP contribution < -0.4 is 10.6 Å². The second kappa shape index (κ2) is 9.07. The Bertz CT molecular complexity index is 869. The van der Waals surface area contributed by atoms with Crippen LogP contribution in [0.4, 0.5) is 5.69 Å². The average molecular weight is 448 g/mol. The van der Waals surface area contributed by atoms with Crippen LogP contribution in [0.3, 0.4) is 0 Å². The van der Waals surface area contributed by atoms with Crippen molar-refractivity contribution < 1.29 is 14.3 Å². The first-order valence-electron chi connectivity index (χ1n) is 8.39. The minimum atomic E-state index is -0.336. The standard InChI is InChI=1S/C19H18BrN3O3S/c20-15-7-3-1-5-13(15)17(24)22-19(27)21-16-8-4-2-6-14(16)18(25)23-9-11-26-12-10-23/h1-8H,9-12H2,(H2,21,22,24,27). The number of morpholine rings is 1. The number of hydrogen-bond donors (Lipinski definition) is 2. The van der Waals surface area contributed by atoms with Crippen LogP contribution >= 0.6 is 28.1 Å². The predicted molar refractivity (Wildman–Crippen MR) is 111 cm³/mol. The van der Waals surface area contributed by atoms with Gasteiger partial charge in [0, 0.05) is 17.6 Å². The lowest BCUT2D eigenvalue weighted by atomic mass is 10.1. The number of benzene rings is 2. The number of para-hydroxylation sites is 1. The topological polar surface area (TPSA) is 70.7 Å². The van der Waals surface area contributed by atoms with Gasteiger partial charge in [-0.25, -0.2) is 0 Å². The van der Waals surface area contributed by atoms with E-state index in [0.29, 0.717) is 47.6 Å². The van der Waals surface area contributed by atoms with Crippen molar-refractivity contribution in [2.24, 2.45) is 0 Å². The summed E-state index contributed by atoms with van der Waals surface area (Å²) in [5.74, 6) is -0.432. The number of halogens is 1. The van der Waals surface area contributed by atoms with Crippen molar-refractivity contribution in [2.75, 3.05) is 31.6 Å². The SMILES string of the molecule is O=C(NC(=S)Nc1ccccc1C(=O)N1CCOCC1)c1ccccc1Br. The highest BCUT2D eigenvalue weighted by molar-refractivity contribution is 9.10. The molecule has 0 spiro atoms. The van der Waals surface area contributed by atoms with Crippen LogP contribution in [0.5, 0.6) is 0 Å². The van der Waals surface area contributed by atoms with Crippen LogP contribution in [-0.2, 0) is 4.74 Å². The zero-order valence-electron chi connectivity index (χ0n) is 14.4. The largest absolute Gasteiger partial charge is 0.378 e. The van der Waals surface area contributed by atoms with E-state index in [9.17, 15) is 9.59 Å². The van der Waals surface area contributed by atoms with Crippen LogP contribution in [0, 0.1) is 0 Å². The Hall–Kier alpha value is -2.29. The van der Waals surface area contributed by atoms with E-state index < -0.39 is 0 Å². The van der Waals surface area contributed by atoms with Crippen molar-refractivity contribution in [2.45, 2.75) is 0 Å². The zero-order valence-corrected chi connectivity index (χ0v) is 16.8. The Morgan fingerprint density at radius 1 is 1.00 bits per heavy atom. The van der Waals surface area contributed by atoms with Gasteiger partial charge in [0.1, 0.15) is 0 Å². The Morgan fingerprint density at radius 3 is 2.33 bits per heavy atom. The number of ether oxygens (including phenoxy) is 1. The van der Waals surface area contributed by atoms with Gasteiger partial charge in [-0.2, -0.15) is 0 Å². The van der Waals surface area contributed by atoms with Crippen molar-refractivity contribution in [1.82, 2.24) is 10.2 Å². The van der Waals surface area contributed by atoms with E-state index in [1.165, 1.54) is 0 Å². The highest BCUT2D eigenvalue weighted by Crippen LogP contribution is 2.19. The molecule has 0 radical (unpaired) electrons. The molecule has 2 aromatic rings. The maximum absolute atomic E-state index is 12.8. The first-order valence-corrected chi connectivity index (χ1v) is 9.59. The molecule has 0 aliphatic carbocycles. The summed E-state index contributed by atoms with van der Waals surface area (Å²) in [6.45, 7) is 2.16. The van der Waals surface area contributed by atoms with Gasteiger partial charge < -0.3 is 15.0 Å². The highest BCUT2D eigenvalue weighted by Gasteiger charge is 2.21. The van der Waals surface area contributed by atoms with Gasteiger partial charge in [-0.1, -0.05) is 24.3 Å². The lowest BCUT2D eigenvalue weighted by molar-refractivity contribution is 0.0303. The molecular weight excluding hydrogens is 430 g/mol. The molecular formula is C19H18BrN3O3S. The number of carbonyl (C=O) groups is 2. The summed E-state index contributed by atoms with van der Waals surface area (Å²) in [7, 11) is 0. The quantitative estimate of drug-likeness (QED) is 0.707. The summed E-state index contributed by atoms with van der Waals surface area (Å²) >= 11 is 8.60. The number of carbonyl (C=O) groups excluding carboxylic acids is 2. The van der Waals surface area contributed by atoms with E-state index in [1.807, 2.05) is 6.07 Å². The van der Waals surface area contributed by atoms with E-state index in [-0.39, 0.29) is 16.9 Å². The van der Waals surface area contributed by atoms with Gasteiger partial charge >= 0.3 is 0 Å². The maximum atomic E-state index is 12.8. The fourth-order valence-corrected chi connectivity index (χ4v) is 3.35. The fraction of sp³-hybridized carbons (Fsp3) is 0.211. The summed E-state index contributed by atoms with van der Waals surface area (Å²) in [5, 5.41) is 5.72. The number of hydrogen-bond acceptors (Lipinski definition) is 4. The normalized spacial score (nSPS) is 13.7. The van der Waals surface area contributed by atoms with Crippen LogP contribution in [0.1, 0.15) is 20.7 Å². The van der Waals surface area contributed by atoms with Gasteiger partial charge in [0.25, 0.3) is 11.8 Å². The minimum absolute atomic E-state index is 0.0960. The summed E-state index contributed by atoms with van der Waals surface area (Å²) in [5.41, 5.74) is 1.52. The van der Waals surface area contributed by atoms with Crippen molar-refractivity contribution >= 4 is 50.8 Å². The Balaban J connectivity index is 1.70. The first-order chi connectivity index (χ1) is 13.1. The van der Waals surface area contributed by atoms with Crippen LogP contribution in [0.15, 0.2) is 53.0 Å². The van der Waals surface area contributed by atoms with E-state index in [0.717, 1.165) is 0 Å². The molecule has 2 N–H and O–H groups in total. The summed E-state index contributed by atoms with van der Waals surface area (Å²) < 4.78 is 5.97. The monoisotopic (exact) mass is 447 g/mol. The third-order valence-corrected chi connectivity index (χ3v) is 4.95. The fourth-order valence-electron chi connectivity index (χ4n) is 2.68. The van der Waals surface area contributed by atoms with E-state index in [2.05, 4.69) is 26.6 Å². The molecule has 0 atom stereocenters. The van der Waals surface area contributed by atoms with Crippen LogP contribution in [0.2, 0.25) is 0 Å².